The number of unbranched alkanes of at least 4 members (excludes halogenated alkanes) is 29. The molecule has 0 saturated carbocycles. The molecule has 9 heteroatoms. The molecule has 0 aromatic carbocycles. The van der Waals surface area contributed by atoms with Gasteiger partial charge in [-0.2, -0.15) is 0 Å². The first-order valence-electron chi connectivity index (χ1n) is 29.8. The predicted octanol–water partition coefficient (Wildman–Crippen LogP) is 17.6. The fourth-order valence-electron chi connectivity index (χ4n) is 8.57. The maximum absolute atomic E-state index is 13.0. The third kappa shape index (κ3) is 55.5. The van der Waals surface area contributed by atoms with Gasteiger partial charge >= 0.3 is 0 Å². The molecule has 0 aromatic rings. The van der Waals surface area contributed by atoms with Crippen molar-refractivity contribution in [1.82, 2.24) is 5.32 Å². The summed E-state index contributed by atoms with van der Waals surface area (Å²) in [6.07, 6.45) is 72.2. The maximum Gasteiger partial charge on any atom is 0.268 e. The van der Waals surface area contributed by atoms with Crippen LogP contribution < -0.4 is 10.2 Å². The minimum absolute atomic E-state index is 0.0107. The number of allylic oxidation sites excluding steroid dienone is 12. The Hall–Kier alpha value is -2.06. The summed E-state index contributed by atoms with van der Waals surface area (Å²) in [5.41, 5.74) is 0. The molecule has 0 bridgehead atoms. The van der Waals surface area contributed by atoms with Crippen molar-refractivity contribution in [3.05, 3.63) is 72.9 Å². The maximum atomic E-state index is 13.0. The van der Waals surface area contributed by atoms with Crippen LogP contribution in [0, 0.1) is 0 Å². The number of carbonyl (C=O) groups is 1. The van der Waals surface area contributed by atoms with Crippen LogP contribution in [0.5, 0.6) is 0 Å². The molecule has 0 radical (unpaired) electrons. The van der Waals surface area contributed by atoms with Crippen molar-refractivity contribution in [3.8, 4) is 0 Å². The molecule has 0 spiro atoms. The van der Waals surface area contributed by atoms with E-state index < -0.39 is 20.0 Å². The van der Waals surface area contributed by atoms with Crippen molar-refractivity contribution in [2.75, 3.05) is 40.9 Å². The summed E-state index contributed by atoms with van der Waals surface area (Å²) in [6, 6.07) is -0.804. The lowest BCUT2D eigenvalue weighted by Crippen LogP contribution is -2.46. The number of nitrogens with one attached hydrogen (secondary N) is 1. The number of carbonyl (C=O) groups excluding carboxylic acids is 1. The van der Waals surface area contributed by atoms with Crippen molar-refractivity contribution in [3.63, 3.8) is 0 Å². The molecular weight excluding hydrogens is 900 g/mol. The average Bonchev–Trinajstić information content (AvgIpc) is 3.33. The van der Waals surface area contributed by atoms with Crippen LogP contribution in [0.1, 0.15) is 264 Å². The van der Waals surface area contributed by atoms with E-state index in [1.54, 1.807) is 0 Å². The van der Waals surface area contributed by atoms with Gasteiger partial charge in [0.1, 0.15) is 13.2 Å². The fraction of sp³-hybridized carbons (Fsp3) is 0.790. The van der Waals surface area contributed by atoms with Crippen molar-refractivity contribution in [2.24, 2.45) is 0 Å². The van der Waals surface area contributed by atoms with E-state index in [1.807, 2.05) is 21.1 Å². The first kappa shape index (κ1) is 68.9. The SMILES string of the molecule is CC/C=C\C/C=C\C/C=C\C/C=C\C/C=C\C/C=C\CCCCCCCCCCCCCCCCC(=O)NC(COP(=O)([O-])OCC[N+](C)(C)C)C(O)CCCCCCCCCCCCCCCCCC. The van der Waals surface area contributed by atoms with E-state index >= 15 is 0 Å². The van der Waals surface area contributed by atoms with Crippen molar-refractivity contribution >= 4 is 13.7 Å². The van der Waals surface area contributed by atoms with Gasteiger partial charge in [0.05, 0.1) is 39.9 Å². The second kappa shape index (κ2) is 52.8. The smallest absolute Gasteiger partial charge is 0.268 e. The molecule has 0 saturated heterocycles. The van der Waals surface area contributed by atoms with Gasteiger partial charge in [-0.15, -0.1) is 0 Å². The van der Waals surface area contributed by atoms with E-state index in [4.69, 9.17) is 9.05 Å². The van der Waals surface area contributed by atoms with Gasteiger partial charge in [0, 0.05) is 6.42 Å². The molecule has 0 aliphatic carbocycles. The Labute approximate surface area is 440 Å². The molecule has 8 nitrogen and oxygen atoms in total. The highest BCUT2D eigenvalue weighted by Crippen LogP contribution is 2.38. The largest absolute Gasteiger partial charge is 0.756 e. The Balaban J connectivity index is 4.07. The molecule has 0 aliphatic heterocycles. The van der Waals surface area contributed by atoms with Gasteiger partial charge in [-0.25, -0.2) is 0 Å². The van der Waals surface area contributed by atoms with Crippen molar-refractivity contribution < 1.29 is 32.9 Å². The monoisotopic (exact) mass is 1010 g/mol. The minimum Gasteiger partial charge on any atom is -0.756 e. The quantitative estimate of drug-likeness (QED) is 0.0272. The average molecular weight is 1020 g/mol. The van der Waals surface area contributed by atoms with E-state index in [2.05, 4.69) is 92.1 Å². The van der Waals surface area contributed by atoms with Gasteiger partial charge in [-0.05, 0) is 64.2 Å². The lowest BCUT2D eigenvalue weighted by atomic mass is 10.0. The van der Waals surface area contributed by atoms with Gasteiger partial charge < -0.3 is 28.8 Å². The Kier molecular flexibility index (Phi) is 51.3. The fourth-order valence-corrected chi connectivity index (χ4v) is 9.30. The highest BCUT2D eigenvalue weighted by Gasteiger charge is 2.24. The second-order valence-electron chi connectivity index (χ2n) is 21.3. The highest BCUT2D eigenvalue weighted by molar-refractivity contribution is 7.45. The second-order valence-corrected chi connectivity index (χ2v) is 22.7. The first-order chi connectivity index (χ1) is 34.5. The number of aliphatic hydroxyl groups is 1. The number of hydrogen-bond donors (Lipinski definition) is 2. The van der Waals surface area contributed by atoms with E-state index in [1.165, 1.54) is 161 Å². The van der Waals surface area contributed by atoms with Crippen LogP contribution in [-0.4, -0.2) is 68.5 Å². The highest BCUT2D eigenvalue weighted by atomic mass is 31.2. The molecule has 0 fully saturated rings. The summed E-state index contributed by atoms with van der Waals surface area (Å²) >= 11 is 0. The van der Waals surface area contributed by atoms with Crippen molar-refractivity contribution in [2.45, 2.75) is 276 Å². The van der Waals surface area contributed by atoms with Gasteiger partial charge in [-0.1, -0.05) is 267 Å². The molecule has 0 aromatic heterocycles. The molecule has 0 heterocycles. The third-order valence-electron chi connectivity index (χ3n) is 13.2. The molecule has 71 heavy (non-hydrogen) atoms. The first-order valence-corrected chi connectivity index (χ1v) is 31.2. The van der Waals surface area contributed by atoms with Crippen LogP contribution in [-0.2, 0) is 18.4 Å². The topological polar surface area (TPSA) is 108 Å². The van der Waals surface area contributed by atoms with Crippen LogP contribution >= 0.6 is 7.82 Å². The normalized spacial score (nSPS) is 14.4. The number of quaternary nitrogens is 1. The Morgan fingerprint density at radius 2 is 0.859 bits per heavy atom. The molecule has 1 amide bonds. The van der Waals surface area contributed by atoms with Gasteiger partial charge in [-0.3, -0.25) is 9.36 Å². The number of hydrogen-bond acceptors (Lipinski definition) is 6. The molecule has 414 valence electrons. The predicted molar refractivity (Wildman–Crippen MR) is 307 cm³/mol. The van der Waals surface area contributed by atoms with Crippen LogP contribution in [0.3, 0.4) is 0 Å². The standard InChI is InChI=1S/C62H115N2O6P/c1-6-8-10-12-14-16-18-20-22-24-25-26-27-28-29-30-31-32-33-34-35-36-37-38-39-40-42-44-46-48-50-52-54-56-62(66)63-60(59-70-71(67,68)69-58-57-64(3,4)5)61(65)55-53-51-49-47-45-43-41-23-21-19-17-15-13-11-9-7-2/h8,10,14,16,20,22,25-26,28-29,31-32,60-61,65H,6-7,9,11-13,15,17-19,21,23-24,27,30,33-59H2,1-5H3,(H-,63,66,67,68)/b10-8-,16-14-,22-20-,26-25-,29-28-,32-31-. The van der Waals surface area contributed by atoms with E-state index in [9.17, 15) is 19.4 Å². The van der Waals surface area contributed by atoms with Gasteiger partial charge in [0.15, 0.2) is 0 Å². The molecule has 0 aliphatic rings. The van der Waals surface area contributed by atoms with E-state index in [-0.39, 0.29) is 19.1 Å². The van der Waals surface area contributed by atoms with Crippen LogP contribution in [0.4, 0.5) is 0 Å². The summed E-state index contributed by atoms with van der Waals surface area (Å²) in [6.45, 7) is 4.62. The number of aliphatic hydroxyl groups excluding tert-OH is 1. The van der Waals surface area contributed by atoms with Gasteiger partial charge in [0.25, 0.3) is 7.82 Å². The molecular formula is C62H115N2O6P. The third-order valence-corrected chi connectivity index (χ3v) is 14.2. The van der Waals surface area contributed by atoms with Crippen LogP contribution in [0.25, 0.3) is 0 Å². The summed E-state index contributed by atoms with van der Waals surface area (Å²) in [5, 5.41) is 14.0. The Morgan fingerprint density at radius 1 is 0.507 bits per heavy atom. The summed E-state index contributed by atoms with van der Waals surface area (Å²) in [4.78, 5) is 25.5. The summed E-state index contributed by atoms with van der Waals surface area (Å²) in [5.74, 6) is -0.166. The lowest BCUT2D eigenvalue weighted by Gasteiger charge is -2.30. The van der Waals surface area contributed by atoms with Crippen LogP contribution in [0.15, 0.2) is 72.9 Å². The molecule has 2 N–H and O–H groups in total. The number of phosphoric ester groups is 1. The van der Waals surface area contributed by atoms with E-state index in [0.717, 1.165) is 77.0 Å². The zero-order valence-corrected chi connectivity index (χ0v) is 48.1. The molecule has 3 atom stereocenters. The molecule has 3 unspecified atom stereocenters. The number of amides is 1. The number of nitrogens with zero attached hydrogens (tertiary/aromatic N) is 1. The number of rotatable bonds is 54. The summed E-state index contributed by atoms with van der Waals surface area (Å²) < 4.78 is 23.4. The number of phosphoric acid groups is 1. The zero-order valence-electron chi connectivity index (χ0n) is 47.2. The van der Waals surface area contributed by atoms with Crippen LogP contribution in [0.2, 0.25) is 0 Å². The van der Waals surface area contributed by atoms with Gasteiger partial charge in [0.2, 0.25) is 5.91 Å². The van der Waals surface area contributed by atoms with E-state index in [0.29, 0.717) is 23.9 Å². The summed E-state index contributed by atoms with van der Waals surface area (Å²) in [7, 11) is 1.30. The Morgan fingerprint density at radius 3 is 1.25 bits per heavy atom. The van der Waals surface area contributed by atoms with Crippen molar-refractivity contribution in [1.29, 1.82) is 0 Å². The zero-order chi connectivity index (χ0) is 52.0. The number of likely N-dealkylation sites (N-methyl/N-ethyl adjacent to an activating group) is 1. The molecule has 0 rings (SSSR count). The lowest BCUT2D eigenvalue weighted by molar-refractivity contribution is -0.870. The minimum atomic E-state index is -4.57. The Bertz CT molecular complexity index is 1380.